The molecule has 2 rings (SSSR count). The van der Waals surface area contributed by atoms with E-state index < -0.39 is 5.97 Å². The summed E-state index contributed by atoms with van der Waals surface area (Å²) in [5.74, 6) is 0.112. The Hall–Kier alpha value is -1.38. The minimum absolute atomic E-state index is 0.203. The first-order valence-electron chi connectivity index (χ1n) is 5.62. The van der Waals surface area contributed by atoms with Crippen LogP contribution in [0.5, 0.6) is 0 Å². The molecule has 3 heteroatoms. The van der Waals surface area contributed by atoms with Crippen LogP contribution < -0.4 is 0 Å². The first-order valence-corrected chi connectivity index (χ1v) is 5.62. The van der Waals surface area contributed by atoms with Crippen molar-refractivity contribution in [2.75, 3.05) is 0 Å². The van der Waals surface area contributed by atoms with Crippen molar-refractivity contribution < 1.29 is 14.3 Å². The number of hydrogen-bond acceptors (Lipinski definition) is 1. The fourth-order valence-electron chi connectivity index (χ4n) is 2.31. The van der Waals surface area contributed by atoms with E-state index >= 15 is 0 Å². The van der Waals surface area contributed by atoms with E-state index in [-0.39, 0.29) is 12.2 Å². The number of benzene rings is 1. The zero-order chi connectivity index (χ0) is 11.5. The Morgan fingerprint density at radius 1 is 1.31 bits per heavy atom. The molecule has 86 valence electrons. The molecule has 0 unspecified atom stereocenters. The summed E-state index contributed by atoms with van der Waals surface area (Å²) < 4.78 is 12.7. The zero-order valence-electron chi connectivity index (χ0n) is 9.03. The molecule has 0 amide bonds. The lowest BCUT2D eigenvalue weighted by molar-refractivity contribution is -0.137. The molecule has 2 nitrogen and oxygen atoms in total. The molecular formula is C13H15FO2. The number of carbonyl (C=O) groups is 1. The molecule has 1 aliphatic carbocycles. The quantitative estimate of drug-likeness (QED) is 0.849. The Labute approximate surface area is 94.1 Å². The van der Waals surface area contributed by atoms with Crippen molar-refractivity contribution in [3.05, 3.63) is 35.6 Å². The maximum Gasteiger partial charge on any atom is 0.303 e. The smallest absolute Gasteiger partial charge is 0.303 e. The zero-order valence-corrected chi connectivity index (χ0v) is 9.03. The lowest BCUT2D eigenvalue weighted by Crippen LogP contribution is -2.22. The first-order chi connectivity index (χ1) is 7.65. The molecule has 1 aliphatic rings. The van der Waals surface area contributed by atoms with Crippen LogP contribution in [0.25, 0.3) is 0 Å². The van der Waals surface area contributed by atoms with Crippen molar-refractivity contribution in [1.29, 1.82) is 0 Å². The summed E-state index contributed by atoms with van der Waals surface area (Å²) in [6.45, 7) is 0. The van der Waals surface area contributed by atoms with Crippen molar-refractivity contribution in [3.63, 3.8) is 0 Å². The van der Waals surface area contributed by atoms with Gasteiger partial charge in [-0.05, 0) is 48.8 Å². The van der Waals surface area contributed by atoms with E-state index in [1.165, 1.54) is 17.7 Å². The monoisotopic (exact) mass is 222 g/mol. The van der Waals surface area contributed by atoms with Gasteiger partial charge < -0.3 is 5.11 Å². The normalized spacial score (nSPS) is 23.8. The molecule has 0 saturated heterocycles. The Kier molecular flexibility index (Phi) is 3.22. The molecule has 1 aromatic carbocycles. The average Bonchev–Trinajstić information content (AvgIpc) is 2.18. The molecule has 1 N–H and O–H groups in total. The molecule has 0 spiro atoms. The van der Waals surface area contributed by atoms with Crippen LogP contribution >= 0.6 is 0 Å². The van der Waals surface area contributed by atoms with Gasteiger partial charge in [0.15, 0.2) is 0 Å². The summed E-state index contributed by atoms with van der Waals surface area (Å²) in [5.41, 5.74) is 1.17. The van der Waals surface area contributed by atoms with Crippen LogP contribution in [-0.4, -0.2) is 11.1 Å². The molecule has 1 saturated carbocycles. The third kappa shape index (κ3) is 2.60. The summed E-state index contributed by atoms with van der Waals surface area (Å²) in [6, 6.07) is 6.63. The van der Waals surface area contributed by atoms with Crippen LogP contribution in [0.2, 0.25) is 0 Å². The molecule has 0 radical (unpaired) electrons. The molecular weight excluding hydrogens is 207 g/mol. The van der Waals surface area contributed by atoms with E-state index in [4.69, 9.17) is 5.11 Å². The van der Waals surface area contributed by atoms with Crippen LogP contribution in [0.4, 0.5) is 4.39 Å². The van der Waals surface area contributed by atoms with Crippen LogP contribution in [-0.2, 0) is 4.79 Å². The summed E-state index contributed by atoms with van der Waals surface area (Å²) in [5, 5.41) is 8.55. The standard InChI is InChI=1S/C13H15FO2/c14-12-4-2-10(3-5-12)11-7-9(8-11)1-6-13(15)16/h2-5,9,11H,1,6-8H2,(H,15,16). The van der Waals surface area contributed by atoms with Crippen molar-refractivity contribution in [1.82, 2.24) is 0 Å². The minimum atomic E-state index is -0.717. The maximum atomic E-state index is 12.7. The van der Waals surface area contributed by atoms with Crippen molar-refractivity contribution in [2.45, 2.75) is 31.6 Å². The van der Waals surface area contributed by atoms with Crippen molar-refractivity contribution >= 4 is 5.97 Å². The number of rotatable bonds is 4. The van der Waals surface area contributed by atoms with Crippen LogP contribution in [0.15, 0.2) is 24.3 Å². The highest BCUT2D eigenvalue weighted by molar-refractivity contribution is 5.66. The predicted molar refractivity (Wildman–Crippen MR) is 58.7 cm³/mol. The molecule has 16 heavy (non-hydrogen) atoms. The number of hydrogen-bond donors (Lipinski definition) is 1. The van der Waals surface area contributed by atoms with Crippen LogP contribution in [0.1, 0.15) is 37.2 Å². The van der Waals surface area contributed by atoms with Gasteiger partial charge in [-0.2, -0.15) is 0 Å². The van der Waals surface area contributed by atoms with E-state index in [9.17, 15) is 9.18 Å². The topological polar surface area (TPSA) is 37.3 Å². The fourth-order valence-corrected chi connectivity index (χ4v) is 2.31. The molecule has 0 heterocycles. The van der Waals surface area contributed by atoms with Gasteiger partial charge >= 0.3 is 5.97 Å². The van der Waals surface area contributed by atoms with E-state index in [1.54, 1.807) is 0 Å². The molecule has 0 aromatic heterocycles. The van der Waals surface area contributed by atoms with Crippen LogP contribution in [0, 0.1) is 11.7 Å². The second kappa shape index (κ2) is 4.64. The summed E-state index contributed by atoms with van der Waals surface area (Å²) in [6.07, 6.45) is 3.12. The van der Waals surface area contributed by atoms with Crippen molar-refractivity contribution in [2.24, 2.45) is 5.92 Å². The lowest BCUT2D eigenvalue weighted by Gasteiger charge is -2.35. The molecule has 0 aliphatic heterocycles. The third-order valence-electron chi connectivity index (χ3n) is 3.34. The molecule has 1 aromatic rings. The van der Waals surface area contributed by atoms with Crippen molar-refractivity contribution in [3.8, 4) is 0 Å². The molecule has 0 bridgehead atoms. The van der Waals surface area contributed by atoms with Gasteiger partial charge in [0.25, 0.3) is 0 Å². The number of carboxylic acid groups (broad SMARTS) is 1. The predicted octanol–water partition coefficient (Wildman–Crippen LogP) is 3.18. The Bertz CT molecular complexity index is 366. The number of carboxylic acids is 1. The van der Waals surface area contributed by atoms with E-state index in [0.717, 1.165) is 19.3 Å². The van der Waals surface area contributed by atoms with E-state index in [2.05, 4.69) is 0 Å². The maximum absolute atomic E-state index is 12.7. The van der Waals surface area contributed by atoms with Crippen LogP contribution in [0.3, 0.4) is 0 Å². The highest BCUT2D eigenvalue weighted by atomic mass is 19.1. The number of halogens is 1. The van der Waals surface area contributed by atoms with Gasteiger partial charge in [0.2, 0.25) is 0 Å². The lowest BCUT2D eigenvalue weighted by atomic mass is 9.70. The third-order valence-corrected chi connectivity index (χ3v) is 3.34. The van der Waals surface area contributed by atoms with Gasteiger partial charge in [0, 0.05) is 6.42 Å². The minimum Gasteiger partial charge on any atom is -0.481 e. The Morgan fingerprint density at radius 2 is 1.94 bits per heavy atom. The molecule has 1 fully saturated rings. The summed E-state index contributed by atoms with van der Waals surface area (Å²) in [4.78, 5) is 10.4. The fraction of sp³-hybridized carbons (Fsp3) is 0.462. The Balaban J connectivity index is 1.79. The van der Waals surface area contributed by atoms with Gasteiger partial charge in [-0.25, -0.2) is 4.39 Å². The van der Waals surface area contributed by atoms with Gasteiger partial charge in [-0.3, -0.25) is 4.79 Å². The Morgan fingerprint density at radius 3 is 2.50 bits per heavy atom. The van der Waals surface area contributed by atoms with Gasteiger partial charge in [0.05, 0.1) is 0 Å². The van der Waals surface area contributed by atoms with Gasteiger partial charge in [-0.1, -0.05) is 12.1 Å². The largest absolute Gasteiger partial charge is 0.481 e. The summed E-state index contributed by atoms with van der Waals surface area (Å²) in [7, 11) is 0. The molecule has 0 atom stereocenters. The highest BCUT2D eigenvalue weighted by Gasteiger charge is 2.30. The second-order valence-electron chi connectivity index (χ2n) is 4.52. The SMILES string of the molecule is O=C(O)CCC1CC(c2ccc(F)cc2)C1. The summed E-state index contributed by atoms with van der Waals surface area (Å²) >= 11 is 0. The second-order valence-corrected chi connectivity index (χ2v) is 4.52. The average molecular weight is 222 g/mol. The van der Waals surface area contributed by atoms with E-state index in [0.29, 0.717) is 11.8 Å². The number of aliphatic carboxylic acids is 1. The van der Waals surface area contributed by atoms with Gasteiger partial charge in [0.1, 0.15) is 5.82 Å². The highest BCUT2D eigenvalue weighted by Crippen LogP contribution is 2.43. The first kappa shape index (κ1) is 11.1. The van der Waals surface area contributed by atoms with Gasteiger partial charge in [-0.15, -0.1) is 0 Å². The van der Waals surface area contributed by atoms with E-state index in [1.807, 2.05) is 12.1 Å².